The van der Waals surface area contributed by atoms with Crippen LogP contribution in [0.3, 0.4) is 0 Å². The van der Waals surface area contributed by atoms with Gasteiger partial charge in [0.2, 0.25) is 0 Å². The number of nitrogens with zero attached hydrogens (tertiary/aromatic N) is 2. The third-order valence-electron chi connectivity index (χ3n) is 4.14. The molecule has 1 saturated heterocycles. The average Bonchev–Trinajstić information content (AvgIpc) is 3.16. The minimum absolute atomic E-state index is 0.00138. The number of nitrogens with one attached hydrogen (secondary N) is 2. The molecule has 0 saturated carbocycles. The Hall–Kier alpha value is -2.21. The van der Waals surface area contributed by atoms with Crippen LogP contribution in [0.25, 0.3) is 0 Å². The molecule has 1 atom stereocenters. The second-order valence-corrected chi connectivity index (χ2v) is 6.99. The van der Waals surface area contributed by atoms with Gasteiger partial charge in [-0.15, -0.1) is 0 Å². The number of aromatic nitrogens is 1. The van der Waals surface area contributed by atoms with Crippen LogP contribution in [0, 0.1) is 0 Å². The summed E-state index contributed by atoms with van der Waals surface area (Å²) >= 11 is 1.91. The van der Waals surface area contributed by atoms with E-state index in [1.165, 1.54) is 0 Å². The molecule has 1 aliphatic heterocycles. The van der Waals surface area contributed by atoms with E-state index in [2.05, 4.69) is 15.6 Å². The second-order valence-electron chi connectivity index (χ2n) is 5.84. The van der Waals surface area contributed by atoms with Crippen LogP contribution in [-0.4, -0.2) is 40.5 Å². The Labute approximate surface area is 146 Å². The largest absolute Gasteiger partial charge is 0.355 e. The van der Waals surface area contributed by atoms with Crippen molar-refractivity contribution in [2.45, 2.75) is 19.0 Å². The molecule has 3 rings (SSSR count). The van der Waals surface area contributed by atoms with Crippen LogP contribution in [-0.2, 0) is 6.54 Å². The van der Waals surface area contributed by atoms with Crippen LogP contribution >= 0.6 is 11.8 Å². The Morgan fingerprint density at radius 1 is 1.21 bits per heavy atom. The molecule has 6 heteroatoms. The van der Waals surface area contributed by atoms with Crippen molar-refractivity contribution in [3.63, 3.8) is 0 Å². The van der Waals surface area contributed by atoms with E-state index in [1.807, 2.05) is 60.1 Å². The molecule has 0 spiro atoms. The van der Waals surface area contributed by atoms with E-state index in [1.54, 1.807) is 12.4 Å². The van der Waals surface area contributed by atoms with Gasteiger partial charge in [-0.1, -0.05) is 12.1 Å². The average molecular weight is 342 g/mol. The van der Waals surface area contributed by atoms with Gasteiger partial charge in [-0.05, 0) is 42.0 Å². The van der Waals surface area contributed by atoms with Gasteiger partial charge in [0.05, 0.1) is 0 Å². The number of thioether (sulfide) groups is 1. The predicted octanol–water partition coefficient (Wildman–Crippen LogP) is 3.47. The molecule has 0 aliphatic carbocycles. The van der Waals surface area contributed by atoms with Gasteiger partial charge in [0.1, 0.15) is 0 Å². The van der Waals surface area contributed by atoms with Gasteiger partial charge in [-0.25, -0.2) is 4.79 Å². The fourth-order valence-electron chi connectivity index (χ4n) is 2.60. The molecule has 1 aliphatic rings. The van der Waals surface area contributed by atoms with Crippen molar-refractivity contribution >= 4 is 29.2 Å². The van der Waals surface area contributed by atoms with E-state index in [0.29, 0.717) is 12.6 Å². The van der Waals surface area contributed by atoms with Crippen molar-refractivity contribution in [2.75, 3.05) is 23.9 Å². The maximum Gasteiger partial charge on any atom is 0.317 e. The summed E-state index contributed by atoms with van der Waals surface area (Å²) in [6, 6.07) is 12.3. The minimum atomic E-state index is 0.00138. The number of benzene rings is 1. The van der Waals surface area contributed by atoms with E-state index in [0.717, 1.165) is 34.9 Å². The van der Waals surface area contributed by atoms with Crippen molar-refractivity contribution in [2.24, 2.45) is 0 Å². The van der Waals surface area contributed by atoms with Crippen molar-refractivity contribution in [1.82, 2.24) is 15.2 Å². The Balaban J connectivity index is 1.50. The van der Waals surface area contributed by atoms with Crippen LogP contribution < -0.4 is 10.6 Å². The highest BCUT2D eigenvalue weighted by Gasteiger charge is 2.23. The van der Waals surface area contributed by atoms with Gasteiger partial charge in [0, 0.05) is 49.2 Å². The molecule has 2 aromatic rings. The normalized spacial score (nSPS) is 16.6. The topological polar surface area (TPSA) is 57.3 Å². The summed E-state index contributed by atoms with van der Waals surface area (Å²) in [5.41, 5.74) is 3.09. The smallest absolute Gasteiger partial charge is 0.317 e. The summed E-state index contributed by atoms with van der Waals surface area (Å²) in [5.74, 6) is 2.19. The first-order valence-electron chi connectivity index (χ1n) is 8.07. The number of carbonyl (C=O) groups excluding carboxylic acids is 1. The van der Waals surface area contributed by atoms with Crippen LogP contribution in [0.2, 0.25) is 0 Å². The summed E-state index contributed by atoms with van der Waals surface area (Å²) in [6.45, 7) is 0.540. The minimum Gasteiger partial charge on any atom is -0.355 e. The number of anilines is 2. The second kappa shape index (κ2) is 8.06. The third kappa shape index (κ3) is 4.41. The highest BCUT2D eigenvalue weighted by atomic mass is 32.2. The zero-order valence-electron chi connectivity index (χ0n) is 13.7. The number of rotatable bonds is 5. The van der Waals surface area contributed by atoms with E-state index in [4.69, 9.17) is 0 Å². The summed E-state index contributed by atoms with van der Waals surface area (Å²) in [4.78, 5) is 18.0. The summed E-state index contributed by atoms with van der Waals surface area (Å²) in [7, 11) is 1.88. The monoisotopic (exact) mass is 342 g/mol. The molecule has 1 fully saturated rings. The Morgan fingerprint density at radius 3 is 2.58 bits per heavy atom. The molecule has 1 aromatic heterocycles. The molecule has 2 heterocycles. The Morgan fingerprint density at radius 2 is 1.92 bits per heavy atom. The van der Waals surface area contributed by atoms with E-state index < -0.39 is 0 Å². The highest BCUT2D eigenvalue weighted by molar-refractivity contribution is 7.99. The fourth-order valence-corrected chi connectivity index (χ4v) is 3.87. The van der Waals surface area contributed by atoms with Gasteiger partial charge < -0.3 is 15.5 Å². The van der Waals surface area contributed by atoms with E-state index in [-0.39, 0.29) is 6.03 Å². The standard InChI is InChI=1S/C18H22N4OS/c1-22(17-8-11-24-13-17)18(23)20-12-14-2-4-15(5-3-14)21-16-6-9-19-10-7-16/h2-7,9-10,17H,8,11-13H2,1H3,(H,19,21)(H,20,23). The first-order chi connectivity index (χ1) is 11.7. The molecule has 0 bridgehead atoms. The molecule has 0 radical (unpaired) electrons. The van der Waals surface area contributed by atoms with Gasteiger partial charge in [-0.3, -0.25) is 4.98 Å². The SMILES string of the molecule is CN(C(=O)NCc1ccc(Nc2ccncc2)cc1)C1CCSC1. The molecule has 5 nitrogen and oxygen atoms in total. The zero-order chi connectivity index (χ0) is 16.8. The number of amides is 2. The van der Waals surface area contributed by atoms with Crippen molar-refractivity contribution in [1.29, 1.82) is 0 Å². The molecular weight excluding hydrogens is 320 g/mol. The fraction of sp³-hybridized carbons (Fsp3) is 0.333. The van der Waals surface area contributed by atoms with Crippen LogP contribution in [0.4, 0.5) is 16.2 Å². The number of urea groups is 1. The lowest BCUT2D eigenvalue weighted by Crippen LogP contribution is -2.43. The summed E-state index contributed by atoms with van der Waals surface area (Å²) in [6.07, 6.45) is 4.60. The number of carbonyl (C=O) groups is 1. The Bertz CT molecular complexity index is 656. The first kappa shape index (κ1) is 16.6. The maximum atomic E-state index is 12.2. The third-order valence-corrected chi connectivity index (χ3v) is 5.29. The quantitative estimate of drug-likeness (QED) is 0.873. The van der Waals surface area contributed by atoms with Crippen molar-refractivity contribution in [3.05, 3.63) is 54.4 Å². The highest BCUT2D eigenvalue weighted by Crippen LogP contribution is 2.21. The summed E-state index contributed by atoms with van der Waals surface area (Å²) in [5, 5.41) is 6.31. The molecule has 2 amide bonds. The first-order valence-corrected chi connectivity index (χ1v) is 9.22. The lowest BCUT2D eigenvalue weighted by Gasteiger charge is -2.24. The predicted molar refractivity (Wildman–Crippen MR) is 99.7 cm³/mol. The van der Waals surface area contributed by atoms with Gasteiger partial charge in [0.25, 0.3) is 0 Å². The molecule has 2 N–H and O–H groups in total. The van der Waals surface area contributed by atoms with Crippen molar-refractivity contribution < 1.29 is 4.79 Å². The zero-order valence-corrected chi connectivity index (χ0v) is 14.6. The molecule has 1 unspecified atom stereocenters. The number of hydrogen-bond donors (Lipinski definition) is 2. The molecule has 126 valence electrons. The molecule has 24 heavy (non-hydrogen) atoms. The lowest BCUT2D eigenvalue weighted by molar-refractivity contribution is 0.195. The van der Waals surface area contributed by atoms with Crippen LogP contribution in [0.1, 0.15) is 12.0 Å². The van der Waals surface area contributed by atoms with Gasteiger partial charge >= 0.3 is 6.03 Å². The Kier molecular flexibility index (Phi) is 5.59. The molecular formula is C18H22N4OS. The summed E-state index contributed by atoms with van der Waals surface area (Å²) < 4.78 is 0. The lowest BCUT2D eigenvalue weighted by atomic mass is 10.2. The van der Waals surface area contributed by atoms with Gasteiger partial charge in [-0.2, -0.15) is 11.8 Å². The number of pyridine rings is 1. The number of hydrogen-bond acceptors (Lipinski definition) is 4. The van der Waals surface area contributed by atoms with E-state index >= 15 is 0 Å². The van der Waals surface area contributed by atoms with E-state index in [9.17, 15) is 4.79 Å². The van der Waals surface area contributed by atoms with Gasteiger partial charge in [0.15, 0.2) is 0 Å². The van der Waals surface area contributed by atoms with Crippen LogP contribution in [0.5, 0.6) is 0 Å². The maximum absolute atomic E-state index is 12.2. The van der Waals surface area contributed by atoms with Crippen LogP contribution in [0.15, 0.2) is 48.8 Å². The van der Waals surface area contributed by atoms with Crippen molar-refractivity contribution in [3.8, 4) is 0 Å². The molecule has 1 aromatic carbocycles.